The molecular formula is C25H25N3O5. The molecule has 1 aromatic heterocycles. The van der Waals surface area contributed by atoms with Gasteiger partial charge in [-0.25, -0.2) is 4.98 Å². The van der Waals surface area contributed by atoms with Crippen LogP contribution < -0.4 is 14.8 Å². The van der Waals surface area contributed by atoms with Gasteiger partial charge in [-0.3, -0.25) is 9.59 Å². The van der Waals surface area contributed by atoms with Gasteiger partial charge in [-0.2, -0.15) is 0 Å². The molecule has 1 saturated heterocycles. The monoisotopic (exact) mass is 447 g/mol. The van der Waals surface area contributed by atoms with Crippen LogP contribution in [-0.4, -0.2) is 41.6 Å². The number of aryl methyl sites for hydroxylation is 1. The number of benzene rings is 2. The summed E-state index contributed by atoms with van der Waals surface area (Å²) in [6, 6.07) is 15.1. The van der Waals surface area contributed by atoms with E-state index in [0.29, 0.717) is 67.6 Å². The molecule has 1 N–H and O–H groups in total. The number of piperidine rings is 1. The first-order valence-corrected chi connectivity index (χ1v) is 11.1. The van der Waals surface area contributed by atoms with Crippen LogP contribution in [0.2, 0.25) is 0 Å². The van der Waals surface area contributed by atoms with Gasteiger partial charge in [0.2, 0.25) is 18.6 Å². The number of rotatable bonds is 6. The number of oxazole rings is 1. The highest BCUT2D eigenvalue weighted by Crippen LogP contribution is 2.34. The second kappa shape index (κ2) is 9.36. The first-order valence-electron chi connectivity index (χ1n) is 11.1. The number of aromatic nitrogens is 1. The lowest BCUT2D eigenvalue weighted by Gasteiger charge is -2.31. The van der Waals surface area contributed by atoms with Crippen molar-refractivity contribution in [1.29, 1.82) is 0 Å². The van der Waals surface area contributed by atoms with Gasteiger partial charge in [0, 0.05) is 49.2 Å². The second-order valence-corrected chi connectivity index (χ2v) is 8.20. The van der Waals surface area contributed by atoms with Crippen molar-refractivity contribution in [3.63, 3.8) is 0 Å². The number of anilines is 1. The van der Waals surface area contributed by atoms with E-state index in [0.717, 1.165) is 5.56 Å². The van der Waals surface area contributed by atoms with Crippen LogP contribution in [0.15, 0.2) is 59.1 Å². The average Bonchev–Trinajstić information content (AvgIpc) is 3.52. The summed E-state index contributed by atoms with van der Waals surface area (Å²) in [5.41, 5.74) is 1.65. The average molecular weight is 447 g/mol. The Balaban J connectivity index is 1.08. The largest absolute Gasteiger partial charge is 0.454 e. The standard InChI is InChI=1S/C25H25N3O5/c29-24(9-8-23-26-15-22(33-23)17-4-2-1-3-5-17)28-12-10-18(11-13-28)25(30)27-19-6-7-20-21(14-19)32-16-31-20/h1-7,14-15,18H,8-13,16H2,(H,27,30). The molecule has 5 rings (SSSR count). The van der Waals surface area contributed by atoms with E-state index >= 15 is 0 Å². The molecule has 3 heterocycles. The van der Waals surface area contributed by atoms with Crippen molar-refractivity contribution in [2.45, 2.75) is 25.7 Å². The van der Waals surface area contributed by atoms with E-state index in [-0.39, 0.29) is 24.5 Å². The molecule has 8 heteroatoms. The van der Waals surface area contributed by atoms with E-state index in [1.165, 1.54) is 0 Å². The van der Waals surface area contributed by atoms with Crippen LogP contribution >= 0.6 is 0 Å². The molecule has 0 bridgehead atoms. The van der Waals surface area contributed by atoms with Crippen LogP contribution in [0.5, 0.6) is 11.5 Å². The van der Waals surface area contributed by atoms with Crippen LogP contribution in [0, 0.1) is 5.92 Å². The lowest BCUT2D eigenvalue weighted by atomic mass is 9.95. The molecule has 0 radical (unpaired) electrons. The number of nitrogens with zero attached hydrogens (tertiary/aromatic N) is 2. The summed E-state index contributed by atoms with van der Waals surface area (Å²) in [5, 5.41) is 2.95. The molecule has 3 aromatic rings. The van der Waals surface area contributed by atoms with Crippen LogP contribution in [0.1, 0.15) is 25.2 Å². The smallest absolute Gasteiger partial charge is 0.231 e. The molecule has 0 atom stereocenters. The Kier molecular flexibility index (Phi) is 5.97. The first kappa shape index (κ1) is 21.1. The minimum absolute atomic E-state index is 0.0332. The molecule has 2 aliphatic heterocycles. The maximum atomic E-state index is 12.7. The number of hydrogen-bond donors (Lipinski definition) is 1. The Bertz CT molecular complexity index is 1140. The zero-order chi connectivity index (χ0) is 22.6. The predicted octanol–water partition coefficient (Wildman–Crippen LogP) is 3.88. The van der Waals surface area contributed by atoms with Gasteiger partial charge < -0.3 is 24.1 Å². The normalized spacial score (nSPS) is 15.5. The highest BCUT2D eigenvalue weighted by molar-refractivity contribution is 5.93. The summed E-state index contributed by atoms with van der Waals surface area (Å²) < 4.78 is 16.4. The fraction of sp³-hybridized carbons (Fsp3) is 0.320. The number of ether oxygens (including phenoxy) is 2. The molecule has 170 valence electrons. The molecule has 2 amide bonds. The van der Waals surface area contributed by atoms with Gasteiger partial charge in [0.1, 0.15) is 0 Å². The molecule has 0 unspecified atom stereocenters. The maximum absolute atomic E-state index is 12.7. The minimum Gasteiger partial charge on any atom is -0.454 e. The molecular weight excluding hydrogens is 422 g/mol. The van der Waals surface area contributed by atoms with Crippen molar-refractivity contribution in [3.8, 4) is 22.8 Å². The summed E-state index contributed by atoms with van der Waals surface area (Å²) >= 11 is 0. The third kappa shape index (κ3) is 4.84. The SMILES string of the molecule is O=C(Nc1ccc2c(c1)OCO2)C1CCN(C(=O)CCc2ncc(-c3ccccc3)o2)CC1. The van der Waals surface area contributed by atoms with E-state index in [1.54, 1.807) is 24.4 Å². The summed E-state index contributed by atoms with van der Waals surface area (Å²) in [6.45, 7) is 1.33. The summed E-state index contributed by atoms with van der Waals surface area (Å²) in [5.74, 6) is 2.47. The van der Waals surface area contributed by atoms with Crippen molar-refractivity contribution in [3.05, 3.63) is 60.6 Å². The molecule has 33 heavy (non-hydrogen) atoms. The lowest BCUT2D eigenvalue weighted by molar-refractivity contribution is -0.134. The Hall–Kier alpha value is -3.81. The van der Waals surface area contributed by atoms with Crippen LogP contribution in [0.3, 0.4) is 0 Å². The maximum Gasteiger partial charge on any atom is 0.231 e. The van der Waals surface area contributed by atoms with Gasteiger partial charge in [0.05, 0.1) is 6.20 Å². The molecule has 0 spiro atoms. The van der Waals surface area contributed by atoms with E-state index in [2.05, 4.69) is 10.3 Å². The fourth-order valence-electron chi connectivity index (χ4n) is 4.14. The van der Waals surface area contributed by atoms with E-state index in [4.69, 9.17) is 13.9 Å². The van der Waals surface area contributed by atoms with Gasteiger partial charge >= 0.3 is 0 Å². The fourth-order valence-corrected chi connectivity index (χ4v) is 4.14. The quantitative estimate of drug-likeness (QED) is 0.616. The summed E-state index contributed by atoms with van der Waals surface area (Å²) in [4.78, 5) is 31.4. The molecule has 0 aliphatic carbocycles. The van der Waals surface area contributed by atoms with Gasteiger partial charge in [0.25, 0.3) is 0 Å². The minimum atomic E-state index is -0.125. The summed E-state index contributed by atoms with van der Waals surface area (Å²) in [7, 11) is 0. The number of likely N-dealkylation sites (tertiary alicyclic amines) is 1. The number of amides is 2. The van der Waals surface area contributed by atoms with Crippen molar-refractivity contribution in [2.75, 3.05) is 25.2 Å². The number of fused-ring (bicyclic) bond motifs is 1. The van der Waals surface area contributed by atoms with Crippen LogP contribution in [0.25, 0.3) is 11.3 Å². The third-order valence-electron chi connectivity index (χ3n) is 6.02. The lowest BCUT2D eigenvalue weighted by Crippen LogP contribution is -2.41. The Morgan fingerprint density at radius 3 is 2.64 bits per heavy atom. The van der Waals surface area contributed by atoms with Crippen LogP contribution in [0.4, 0.5) is 5.69 Å². The van der Waals surface area contributed by atoms with Crippen molar-refractivity contribution < 1.29 is 23.5 Å². The number of carbonyl (C=O) groups excluding carboxylic acids is 2. The topological polar surface area (TPSA) is 93.9 Å². The number of hydrogen-bond acceptors (Lipinski definition) is 6. The molecule has 0 saturated carbocycles. The summed E-state index contributed by atoms with van der Waals surface area (Å²) in [6.07, 6.45) is 3.76. The zero-order valence-corrected chi connectivity index (χ0v) is 18.2. The molecule has 8 nitrogen and oxygen atoms in total. The zero-order valence-electron chi connectivity index (χ0n) is 18.2. The molecule has 1 fully saturated rings. The van der Waals surface area contributed by atoms with Gasteiger partial charge in [-0.05, 0) is 25.0 Å². The van der Waals surface area contributed by atoms with Gasteiger partial charge in [-0.15, -0.1) is 0 Å². The molecule has 2 aliphatic rings. The van der Waals surface area contributed by atoms with Gasteiger partial charge in [-0.1, -0.05) is 30.3 Å². The first-order chi connectivity index (χ1) is 16.2. The number of carbonyl (C=O) groups is 2. The highest BCUT2D eigenvalue weighted by atomic mass is 16.7. The Morgan fingerprint density at radius 2 is 1.82 bits per heavy atom. The second-order valence-electron chi connectivity index (χ2n) is 8.20. The van der Waals surface area contributed by atoms with Gasteiger partial charge in [0.15, 0.2) is 23.1 Å². The Morgan fingerprint density at radius 1 is 1.03 bits per heavy atom. The Labute approximate surface area is 191 Å². The van der Waals surface area contributed by atoms with Crippen molar-refractivity contribution in [1.82, 2.24) is 9.88 Å². The van der Waals surface area contributed by atoms with Crippen molar-refractivity contribution in [2.24, 2.45) is 5.92 Å². The molecule has 2 aromatic carbocycles. The van der Waals surface area contributed by atoms with E-state index in [1.807, 2.05) is 35.2 Å². The van der Waals surface area contributed by atoms with E-state index < -0.39 is 0 Å². The van der Waals surface area contributed by atoms with Crippen molar-refractivity contribution >= 4 is 17.5 Å². The number of nitrogens with one attached hydrogen (secondary N) is 1. The van der Waals surface area contributed by atoms with Crippen LogP contribution in [-0.2, 0) is 16.0 Å². The third-order valence-corrected chi connectivity index (χ3v) is 6.02. The predicted molar refractivity (Wildman–Crippen MR) is 121 cm³/mol. The van der Waals surface area contributed by atoms with E-state index in [9.17, 15) is 9.59 Å². The highest BCUT2D eigenvalue weighted by Gasteiger charge is 2.28.